The Kier molecular flexibility index (Phi) is 4.78. The van der Waals surface area contributed by atoms with Crippen molar-refractivity contribution in [1.29, 1.82) is 0 Å². The van der Waals surface area contributed by atoms with Gasteiger partial charge in [-0.15, -0.1) is 0 Å². The van der Waals surface area contributed by atoms with Crippen LogP contribution in [0.15, 0.2) is 28.7 Å². The van der Waals surface area contributed by atoms with Crippen LogP contribution in [-0.4, -0.2) is 35.6 Å². The van der Waals surface area contributed by atoms with E-state index in [0.29, 0.717) is 12.3 Å². The van der Waals surface area contributed by atoms with Crippen LogP contribution in [-0.2, 0) is 11.2 Å². The second-order valence-corrected chi connectivity index (χ2v) is 5.73. The van der Waals surface area contributed by atoms with Crippen molar-refractivity contribution < 1.29 is 9.90 Å². The molecule has 1 atom stereocenters. The van der Waals surface area contributed by atoms with Crippen molar-refractivity contribution in [2.24, 2.45) is 5.92 Å². The quantitative estimate of drug-likeness (QED) is 0.926. The Morgan fingerprint density at radius 3 is 2.78 bits per heavy atom. The van der Waals surface area contributed by atoms with E-state index in [1.807, 2.05) is 29.2 Å². The van der Waals surface area contributed by atoms with Crippen molar-refractivity contribution in [3.63, 3.8) is 0 Å². The van der Waals surface area contributed by atoms with Gasteiger partial charge in [-0.05, 0) is 36.5 Å². The minimum atomic E-state index is 0.192. The van der Waals surface area contributed by atoms with Gasteiger partial charge in [0.2, 0.25) is 5.91 Å². The number of nitrogens with zero attached hydrogens (tertiary/aromatic N) is 1. The van der Waals surface area contributed by atoms with Gasteiger partial charge in [-0.3, -0.25) is 4.79 Å². The van der Waals surface area contributed by atoms with Gasteiger partial charge < -0.3 is 10.0 Å². The molecule has 1 N–H and O–H groups in total. The molecule has 1 saturated heterocycles. The van der Waals surface area contributed by atoms with Gasteiger partial charge in [0.15, 0.2) is 0 Å². The van der Waals surface area contributed by atoms with Gasteiger partial charge in [0.1, 0.15) is 0 Å². The maximum Gasteiger partial charge on any atom is 0.226 e. The van der Waals surface area contributed by atoms with E-state index in [1.54, 1.807) is 0 Å². The van der Waals surface area contributed by atoms with Crippen LogP contribution in [0.4, 0.5) is 0 Å². The molecule has 1 aliphatic heterocycles. The summed E-state index contributed by atoms with van der Waals surface area (Å²) in [5.74, 6) is 0.668. The average molecular weight is 312 g/mol. The van der Waals surface area contributed by atoms with E-state index in [1.165, 1.54) is 0 Å². The molecule has 18 heavy (non-hydrogen) atoms. The number of benzene rings is 1. The SMILES string of the molecule is O=C(Cc1ccc(Br)cc1)N1CCC(CCO)C1. The molecule has 4 heteroatoms. The molecule has 1 aromatic rings. The second kappa shape index (κ2) is 6.34. The first-order chi connectivity index (χ1) is 8.69. The van der Waals surface area contributed by atoms with E-state index in [2.05, 4.69) is 15.9 Å². The number of aliphatic hydroxyl groups is 1. The zero-order valence-corrected chi connectivity index (χ0v) is 11.9. The molecule has 0 bridgehead atoms. The predicted molar refractivity (Wildman–Crippen MR) is 74.2 cm³/mol. The zero-order valence-electron chi connectivity index (χ0n) is 10.3. The Labute approximate surface area is 116 Å². The number of hydrogen-bond acceptors (Lipinski definition) is 2. The fourth-order valence-corrected chi connectivity index (χ4v) is 2.63. The lowest BCUT2D eigenvalue weighted by Gasteiger charge is -2.16. The summed E-state index contributed by atoms with van der Waals surface area (Å²) < 4.78 is 1.03. The lowest BCUT2D eigenvalue weighted by atomic mass is 10.1. The number of halogens is 1. The summed E-state index contributed by atoms with van der Waals surface area (Å²) in [6.45, 7) is 1.86. The Bertz CT molecular complexity index is 405. The third-order valence-corrected chi connectivity index (χ3v) is 3.97. The first-order valence-electron chi connectivity index (χ1n) is 6.32. The second-order valence-electron chi connectivity index (χ2n) is 4.81. The van der Waals surface area contributed by atoms with Gasteiger partial charge in [-0.25, -0.2) is 0 Å². The van der Waals surface area contributed by atoms with Crippen LogP contribution in [0.2, 0.25) is 0 Å². The van der Waals surface area contributed by atoms with E-state index in [0.717, 1.165) is 36.0 Å². The van der Waals surface area contributed by atoms with Crippen molar-refractivity contribution in [3.8, 4) is 0 Å². The molecule has 3 nitrogen and oxygen atoms in total. The van der Waals surface area contributed by atoms with Crippen molar-refractivity contribution in [2.75, 3.05) is 19.7 Å². The largest absolute Gasteiger partial charge is 0.396 e. The normalized spacial score (nSPS) is 19.2. The Morgan fingerprint density at radius 1 is 1.39 bits per heavy atom. The zero-order chi connectivity index (χ0) is 13.0. The number of carbonyl (C=O) groups is 1. The van der Waals surface area contributed by atoms with Crippen LogP contribution in [0.1, 0.15) is 18.4 Å². The van der Waals surface area contributed by atoms with Gasteiger partial charge in [-0.1, -0.05) is 28.1 Å². The van der Waals surface area contributed by atoms with E-state index >= 15 is 0 Å². The highest BCUT2D eigenvalue weighted by atomic mass is 79.9. The maximum atomic E-state index is 12.1. The van der Waals surface area contributed by atoms with Crippen LogP contribution in [0.25, 0.3) is 0 Å². The van der Waals surface area contributed by atoms with Gasteiger partial charge in [-0.2, -0.15) is 0 Å². The molecular weight excluding hydrogens is 294 g/mol. The Morgan fingerprint density at radius 2 is 2.11 bits per heavy atom. The molecule has 2 rings (SSSR count). The molecule has 0 spiro atoms. The average Bonchev–Trinajstić information content (AvgIpc) is 2.81. The lowest BCUT2D eigenvalue weighted by Crippen LogP contribution is -2.30. The monoisotopic (exact) mass is 311 g/mol. The van der Waals surface area contributed by atoms with Gasteiger partial charge >= 0.3 is 0 Å². The van der Waals surface area contributed by atoms with Crippen LogP contribution in [0, 0.1) is 5.92 Å². The first kappa shape index (κ1) is 13.6. The third kappa shape index (κ3) is 3.56. The lowest BCUT2D eigenvalue weighted by molar-refractivity contribution is -0.129. The van der Waals surface area contributed by atoms with E-state index in [-0.39, 0.29) is 12.5 Å². The van der Waals surface area contributed by atoms with Crippen LogP contribution >= 0.6 is 15.9 Å². The molecule has 1 unspecified atom stereocenters. The molecule has 1 heterocycles. The topological polar surface area (TPSA) is 40.5 Å². The smallest absolute Gasteiger partial charge is 0.226 e. The highest BCUT2D eigenvalue weighted by molar-refractivity contribution is 9.10. The third-order valence-electron chi connectivity index (χ3n) is 3.44. The number of amides is 1. The van der Waals surface area contributed by atoms with E-state index < -0.39 is 0 Å². The molecule has 0 aromatic heterocycles. The summed E-state index contributed by atoms with van der Waals surface area (Å²) in [7, 11) is 0. The molecule has 1 aromatic carbocycles. The van der Waals surface area contributed by atoms with Crippen LogP contribution in [0.5, 0.6) is 0 Å². The fraction of sp³-hybridized carbons (Fsp3) is 0.500. The molecule has 0 saturated carbocycles. The Balaban J connectivity index is 1.87. The number of aliphatic hydroxyl groups excluding tert-OH is 1. The summed E-state index contributed by atoms with van der Waals surface area (Å²) in [6, 6.07) is 7.87. The number of likely N-dealkylation sites (tertiary alicyclic amines) is 1. The van der Waals surface area contributed by atoms with Gasteiger partial charge in [0, 0.05) is 24.2 Å². The molecule has 98 valence electrons. The molecule has 0 radical (unpaired) electrons. The minimum absolute atomic E-state index is 0.192. The number of carbonyl (C=O) groups excluding carboxylic acids is 1. The predicted octanol–water partition coefficient (Wildman–Crippen LogP) is 2.22. The summed E-state index contributed by atoms with van der Waals surface area (Å²) in [5, 5.41) is 8.90. The Hall–Kier alpha value is -0.870. The summed E-state index contributed by atoms with van der Waals surface area (Å²) in [4.78, 5) is 14.0. The first-order valence-corrected chi connectivity index (χ1v) is 7.11. The highest BCUT2D eigenvalue weighted by Gasteiger charge is 2.25. The van der Waals surface area contributed by atoms with Gasteiger partial charge in [0.05, 0.1) is 6.42 Å². The summed E-state index contributed by atoms with van der Waals surface area (Å²) in [6.07, 6.45) is 2.30. The fourth-order valence-electron chi connectivity index (χ4n) is 2.37. The van der Waals surface area contributed by atoms with Crippen molar-refractivity contribution >= 4 is 21.8 Å². The highest BCUT2D eigenvalue weighted by Crippen LogP contribution is 2.20. The standard InChI is InChI=1S/C14H18BrNO2/c15-13-3-1-11(2-4-13)9-14(18)16-7-5-12(10-16)6-8-17/h1-4,12,17H,5-10H2. The van der Waals surface area contributed by atoms with Crippen molar-refractivity contribution in [1.82, 2.24) is 4.90 Å². The molecule has 1 amide bonds. The summed E-state index contributed by atoms with van der Waals surface area (Å²) >= 11 is 3.38. The van der Waals surface area contributed by atoms with Crippen LogP contribution < -0.4 is 0 Å². The van der Waals surface area contributed by atoms with E-state index in [9.17, 15) is 4.79 Å². The molecule has 1 aliphatic rings. The van der Waals surface area contributed by atoms with Crippen LogP contribution in [0.3, 0.4) is 0 Å². The molecular formula is C14H18BrNO2. The summed E-state index contributed by atoms with van der Waals surface area (Å²) in [5.41, 5.74) is 1.05. The number of rotatable bonds is 4. The molecule has 0 aliphatic carbocycles. The van der Waals surface area contributed by atoms with E-state index in [4.69, 9.17) is 5.11 Å². The maximum absolute atomic E-state index is 12.1. The van der Waals surface area contributed by atoms with Gasteiger partial charge in [0.25, 0.3) is 0 Å². The number of hydrogen-bond donors (Lipinski definition) is 1. The molecule has 1 fully saturated rings. The minimum Gasteiger partial charge on any atom is -0.396 e. The van der Waals surface area contributed by atoms with Crippen molar-refractivity contribution in [3.05, 3.63) is 34.3 Å². The van der Waals surface area contributed by atoms with Crippen molar-refractivity contribution in [2.45, 2.75) is 19.3 Å².